The number of carbonyl (C=O) groups excluding carboxylic acids is 3. The fraction of sp³-hybridized carbons (Fsp3) is 0.125. The molecule has 5 rings (SSSR count). The molecule has 1 aliphatic heterocycles. The lowest BCUT2D eigenvalue weighted by Gasteiger charge is -2.04. The number of nitrogens with zero attached hydrogens (tertiary/aromatic N) is 1. The van der Waals surface area contributed by atoms with E-state index >= 15 is 0 Å². The van der Waals surface area contributed by atoms with Gasteiger partial charge in [0.2, 0.25) is 5.91 Å². The molecule has 0 aliphatic carbocycles. The third kappa shape index (κ3) is 2.93. The van der Waals surface area contributed by atoms with E-state index in [0.717, 1.165) is 27.4 Å². The van der Waals surface area contributed by atoms with Crippen LogP contribution in [0.25, 0.3) is 33.0 Å². The summed E-state index contributed by atoms with van der Waals surface area (Å²) in [6, 6.07) is 13.5. The molecule has 4 aromatic rings. The Bertz CT molecular complexity index is 1440. The lowest BCUT2D eigenvalue weighted by molar-refractivity contribution is -0.123. The largest absolute Gasteiger partial charge is 0.370 e. The van der Waals surface area contributed by atoms with Gasteiger partial charge in [0.25, 0.3) is 11.8 Å². The van der Waals surface area contributed by atoms with E-state index in [1.807, 2.05) is 60.2 Å². The van der Waals surface area contributed by atoms with Crippen molar-refractivity contribution in [3.05, 3.63) is 71.5 Å². The van der Waals surface area contributed by atoms with E-state index in [-0.39, 0.29) is 6.42 Å². The van der Waals surface area contributed by atoms with Gasteiger partial charge in [-0.25, -0.2) is 0 Å². The fourth-order valence-electron chi connectivity index (χ4n) is 4.40. The van der Waals surface area contributed by atoms with Crippen molar-refractivity contribution >= 4 is 50.7 Å². The number of aromatic amines is 1. The lowest BCUT2D eigenvalue weighted by Crippen LogP contribution is -2.22. The Morgan fingerprint density at radius 2 is 1.74 bits per heavy atom. The molecule has 154 valence electrons. The summed E-state index contributed by atoms with van der Waals surface area (Å²) < 4.78 is 1.90. The van der Waals surface area contributed by atoms with Gasteiger partial charge in [-0.05, 0) is 24.6 Å². The number of primary amides is 1. The number of fused-ring (bicyclic) bond motifs is 2. The normalized spacial score (nSPS) is 14.1. The van der Waals surface area contributed by atoms with E-state index < -0.39 is 17.7 Å². The van der Waals surface area contributed by atoms with Gasteiger partial charge in [0, 0.05) is 58.3 Å². The maximum Gasteiger partial charge on any atom is 0.259 e. The summed E-state index contributed by atoms with van der Waals surface area (Å²) in [7, 11) is 0. The lowest BCUT2D eigenvalue weighted by atomic mass is 9.94. The van der Waals surface area contributed by atoms with Crippen molar-refractivity contribution in [3.63, 3.8) is 0 Å². The van der Waals surface area contributed by atoms with E-state index in [9.17, 15) is 14.4 Å². The summed E-state index contributed by atoms with van der Waals surface area (Å²) in [5.74, 6) is -1.25. The quantitative estimate of drug-likeness (QED) is 0.438. The van der Waals surface area contributed by atoms with E-state index in [1.54, 1.807) is 6.20 Å². The number of nitrogens with one attached hydrogen (secondary N) is 2. The van der Waals surface area contributed by atoms with Gasteiger partial charge in [0.05, 0.1) is 11.1 Å². The molecule has 2 aromatic heterocycles. The number of carbonyl (C=O) groups is 3. The van der Waals surface area contributed by atoms with Crippen LogP contribution in [0.3, 0.4) is 0 Å². The van der Waals surface area contributed by atoms with Gasteiger partial charge in [0.15, 0.2) is 0 Å². The molecular formula is C24H20N4O3. The number of aryl methyl sites for hydroxylation is 2. The molecule has 0 spiro atoms. The van der Waals surface area contributed by atoms with Crippen molar-refractivity contribution in [2.75, 3.05) is 0 Å². The second-order valence-corrected chi connectivity index (χ2v) is 7.70. The zero-order chi connectivity index (χ0) is 21.7. The standard InChI is InChI=1S/C24H20N4O3/c1-13-5-4-7-17-20(13)15(11-26-17)21-22(24(31)27-23(21)30)16-12-28(10-9-19(25)29)18-8-3-2-6-14(16)18/h2-8,11-12,26H,9-10H2,1H3,(H2,25,29)(H,27,30,31). The molecule has 3 heterocycles. The van der Waals surface area contributed by atoms with Crippen molar-refractivity contribution < 1.29 is 14.4 Å². The number of hydrogen-bond donors (Lipinski definition) is 3. The van der Waals surface area contributed by atoms with Crippen LogP contribution in [-0.2, 0) is 20.9 Å². The predicted molar refractivity (Wildman–Crippen MR) is 119 cm³/mol. The van der Waals surface area contributed by atoms with Crippen molar-refractivity contribution in [2.45, 2.75) is 19.9 Å². The second-order valence-electron chi connectivity index (χ2n) is 7.70. The first kappa shape index (κ1) is 18.9. The summed E-state index contributed by atoms with van der Waals surface area (Å²) in [6.07, 6.45) is 3.77. The van der Waals surface area contributed by atoms with Crippen molar-refractivity contribution in [2.24, 2.45) is 5.73 Å². The molecule has 0 unspecified atom stereocenters. The number of para-hydroxylation sites is 1. The summed E-state index contributed by atoms with van der Waals surface area (Å²) in [5, 5.41) is 4.21. The van der Waals surface area contributed by atoms with E-state index in [4.69, 9.17) is 5.73 Å². The van der Waals surface area contributed by atoms with Crippen LogP contribution in [0.1, 0.15) is 23.1 Å². The van der Waals surface area contributed by atoms with Gasteiger partial charge in [-0.15, -0.1) is 0 Å². The Morgan fingerprint density at radius 1 is 1.00 bits per heavy atom. The average Bonchev–Trinajstić information content (AvgIpc) is 3.40. The van der Waals surface area contributed by atoms with Gasteiger partial charge in [-0.3, -0.25) is 19.7 Å². The molecule has 0 radical (unpaired) electrons. The van der Waals surface area contributed by atoms with Crippen LogP contribution >= 0.6 is 0 Å². The molecule has 1 aliphatic rings. The minimum atomic E-state index is -0.430. The number of hydrogen-bond acceptors (Lipinski definition) is 3. The fourth-order valence-corrected chi connectivity index (χ4v) is 4.40. The maximum atomic E-state index is 12.9. The first-order valence-electron chi connectivity index (χ1n) is 9.99. The Labute approximate surface area is 177 Å². The molecule has 0 bridgehead atoms. The zero-order valence-corrected chi connectivity index (χ0v) is 16.9. The first-order chi connectivity index (χ1) is 15.0. The topological polar surface area (TPSA) is 110 Å². The van der Waals surface area contributed by atoms with Gasteiger partial charge >= 0.3 is 0 Å². The molecule has 7 heteroatoms. The van der Waals surface area contributed by atoms with Gasteiger partial charge in [0.1, 0.15) is 0 Å². The third-order valence-corrected chi connectivity index (χ3v) is 5.77. The number of rotatable bonds is 5. The highest BCUT2D eigenvalue weighted by molar-refractivity contribution is 6.50. The Morgan fingerprint density at radius 3 is 2.52 bits per heavy atom. The van der Waals surface area contributed by atoms with Crippen LogP contribution in [0.4, 0.5) is 0 Å². The summed E-state index contributed by atoms with van der Waals surface area (Å²) in [6.45, 7) is 2.37. The molecule has 3 amide bonds. The van der Waals surface area contributed by atoms with Crippen LogP contribution in [0.15, 0.2) is 54.9 Å². The third-order valence-electron chi connectivity index (χ3n) is 5.77. The summed E-state index contributed by atoms with van der Waals surface area (Å²) >= 11 is 0. The number of benzene rings is 2. The van der Waals surface area contributed by atoms with E-state index in [2.05, 4.69) is 10.3 Å². The first-order valence-corrected chi connectivity index (χ1v) is 9.99. The van der Waals surface area contributed by atoms with Crippen molar-refractivity contribution in [1.82, 2.24) is 14.9 Å². The van der Waals surface area contributed by atoms with E-state index in [1.165, 1.54) is 0 Å². The molecule has 0 saturated carbocycles. The Hall–Kier alpha value is -4.13. The molecular weight excluding hydrogens is 392 g/mol. The minimum Gasteiger partial charge on any atom is -0.370 e. The number of aromatic nitrogens is 2. The predicted octanol–water partition coefficient (Wildman–Crippen LogP) is 2.87. The monoisotopic (exact) mass is 412 g/mol. The highest BCUT2D eigenvalue weighted by Gasteiger charge is 2.35. The van der Waals surface area contributed by atoms with Crippen molar-refractivity contribution in [1.29, 1.82) is 0 Å². The highest BCUT2D eigenvalue weighted by atomic mass is 16.2. The molecule has 31 heavy (non-hydrogen) atoms. The van der Waals surface area contributed by atoms with Crippen LogP contribution in [0, 0.1) is 6.92 Å². The second kappa shape index (κ2) is 6.98. The Kier molecular flexibility index (Phi) is 4.25. The number of imide groups is 1. The molecule has 0 fully saturated rings. The van der Waals surface area contributed by atoms with Crippen LogP contribution in [-0.4, -0.2) is 27.3 Å². The van der Waals surface area contributed by atoms with Gasteiger partial charge < -0.3 is 15.3 Å². The summed E-state index contributed by atoms with van der Waals surface area (Å²) in [4.78, 5) is 40.4. The highest BCUT2D eigenvalue weighted by Crippen LogP contribution is 2.39. The van der Waals surface area contributed by atoms with Crippen LogP contribution in [0.5, 0.6) is 0 Å². The molecule has 0 atom stereocenters. The molecule has 0 saturated heterocycles. The number of nitrogens with two attached hydrogens (primary N) is 1. The SMILES string of the molecule is Cc1cccc2[nH]cc(C3=C(c4cn(CCC(N)=O)c5ccccc45)C(=O)NC3=O)c12. The van der Waals surface area contributed by atoms with Gasteiger partial charge in [-0.2, -0.15) is 0 Å². The molecule has 7 nitrogen and oxygen atoms in total. The van der Waals surface area contributed by atoms with Crippen LogP contribution < -0.4 is 11.1 Å². The number of H-pyrrole nitrogens is 1. The van der Waals surface area contributed by atoms with E-state index in [0.29, 0.717) is 28.8 Å². The average molecular weight is 412 g/mol. The summed E-state index contributed by atoms with van der Waals surface area (Å²) in [5.41, 5.74) is 10.1. The minimum absolute atomic E-state index is 0.177. The zero-order valence-electron chi connectivity index (χ0n) is 16.9. The van der Waals surface area contributed by atoms with Crippen LogP contribution in [0.2, 0.25) is 0 Å². The number of amides is 3. The molecule has 4 N–H and O–H groups in total. The smallest absolute Gasteiger partial charge is 0.259 e. The molecule has 2 aromatic carbocycles. The van der Waals surface area contributed by atoms with Gasteiger partial charge in [-0.1, -0.05) is 30.3 Å². The Balaban J connectivity index is 1.79. The van der Waals surface area contributed by atoms with Crippen molar-refractivity contribution in [3.8, 4) is 0 Å². The maximum absolute atomic E-state index is 12.9.